The van der Waals surface area contributed by atoms with Gasteiger partial charge >= 0.3 is 7.12 Å². The summed E-state index contributed by atoms with van der Waals surface area (Å²) in [5, 5.41) is 17.6. The second kappa shape index (κ2) is 2.71. The molecule has 0 amide bonds. The van der Waals surface area contributed by atoms with Crippen molar-refractivity contribution >= 4 is 7.12 Å². The molecule has 0 aromatic rings. The summed E-state index contributed by atoms with van der Waals surface area (Å²) >= 11 is 0. The van der Waals surface area contributed by atoms with E-state index in [9.17, 15) is 0 Å². The highest BCUT2D eigenvalue weighted by atomic mass is 16.4. The molecule has 52 valence electrons. The zero-order valence-corrected chi connectivity index (χ0v) is 5.75. The van der Waals surface area contributed by atoms with E-state index in [1.807, 2.05) is 0 Å². The van der Waals surface area contributed by atoms with Gasteiger partial charge in [0.1, 0.15) is 0 Å². The third kappa shape index (κ3) is 1.46. The van der Waals surface area contributed by atoms with E-state index in [0.29, 0.717) is 5.92 Å². The molecule has 0 bridgehead atoms. The summed E-state index contributed by atoms with van der Waals surface area (Å²) in [5.41, 5.74) is 0. The first-order valence-corrected chi connectivity index (χ1v) is 3.58. The van der Waals surface area contributed by atoms with Gasteiger partial charge in [0.05, 0.1) is 0 Å². The van der Waals surface area contributed by atoms with Crippen molar-refractivity contribution in [1.29, 1.82) is 0 Å². The Labute approximate surface area is 56.0 Å². The Hall–Kier alpha value is -0.0151. The van der Waals surface area contributed by atoms with Crippen molar-refractivity contribution in [3.05, 3.63) is 0 Å². The average Bonchev–Trinajstić information content (AvgIpc) is 2.13. The minimum absolute atomic E-state index is 0.144. The van der Waals surface area contributed by atoms with Crippen molar-refractivity contribution < 1.29 is 10.0 Å². The normalized spacial score (nSPS) is 35.0. The monoisotopic (exact) mass is 128 g/mol. The zero-order chi connectivity index (χ0) is 6.85. The molecule has 1 saturated carbocycles. The average molecular weight is 128 g/mol. The summed E-state index contributed by atoms with van der Waals surface area (Å²) in [6, 6.07) is 0. The Kier molecular flexibility index (Phi) is 2.14. The van der Waals surface area contributed by atoms with Crippen molar-refractivity contribution in [3.8, 4) is 0 Å². The molecule has 2 atom stereocenters. The molecule has 1 aliphatic rings. The lowest BCUT2D eigenvalue weighted by atomic mass is 9.68. The quantitative estimate of drug-likeness (QED) is 0.509. The van der Waals surface area contributed by atoms with E-state index >= 15 is 0 Å². The lowest BCUT2D eigenvalue weighted by molar-refractivity contribution is 0.367. The highest BCUT2D eigenvalue weighted by Crippen LogP contribution is 2.36. The van der Waals surface area contributed by atoms with Gasteiger partial charge in [-0.05, 0) is 11.7 Å². The van der Waals surface area contributed by atoms with Gasteiger partial charge in [0.15, 0.2) is 0 Å². The van der Waals surface area contributed by atoms with E-state index < -0.39 is 7.12 Å². The molecule has 1 fully saturated rings. The molecular formula is C6H13BO2. The maximum absolute atomic E-state index is 8.78. The Morgan fingerprint density at radius 2 is 2.00 bits per heavy atom. The Morgan fingerprint density at radius 1 is 1.33 bits per heavy atom. The Morgan fingerprint density at radius 3 is 2.22 bits per heavy atom. The highest BCUT2D eigenvalue weighted by Gasteiger charge is 2.32. The van der Waals surface area contributed by atoms with Crippen LogP contribution in [0.25, 0.3) is 0 Å². The molecule has 3 heteroatoms. The van der Waals surface area contributed by atoms with Crippen molar-refractivity contribution in [3.63, 3.8) is 0 Å². The van der Waals surface area contributed by atoms with Crippen LogP contribution < -0.4 is 0 Å². The highest BCUT2D eigenvalue weighted by molar-refractivity contribution is 6.43. The minimum Gasteiger partial charge on any atom is -0.427 e. The van der Waals surface area contributed by atoms with Crippen LogP contribution in [-0.2, 0) is 0 Å². The van der Waals surface area contributed by atoms with E-state index in [2.05, 4.69) is 6.92 Å². The fourth-order valence-corrected chi connectivity index (χ4v) is 1.62. The number of hydrogen-bond acceptors (Lipinski definition) is 2. The molecule has 1 aliphatic carbocycles. The van der Waals surface area contributed by atoms with Crippen LogP contribution in [0.5, 0.6) is 0 Å². The van der Waals surface area contributed by atoms with E-state index in [-0.39, 0.29) is 5.82 Å². The van der Waals surface area contributed by atoms with E-state index in [1.165, 1.54) is 0 Å². The minimum atomic E-state index is -1.08. The van der Waals surface area contributed by atoms with E-state index in [1.54, 1.807) is 0 Å². The molecule has 1 rings (SSSR count). The molecule has 2 N–H and O–H groups in total. The van der Waals surface area contributed by atoms with Gasteiger partial charge in [-0.1, -0.05) is 26.2 Å². The van der Waals surface area contributed by atoms with Gasteiger partial charge in [0, 0.05) is 0 Å². The Bertz CT molecular complexity index is 95.1. The van der Waals surface area contributed by atoms with Gasteiger partial charge in [0.2, 0.25) is 0 Å². The van der Waals surface area contributed by atoms with Crippen molar-refractivity contribution in [1.82, 2.24) is 0 Å². The molecule has 0 heterocycles. The van der Waals surface area contributed by atoms with Gasteiger partial charge < -0.3 is 10.0 Å². The standard InChI is InChI=1S/C6H13BO2/c1-5-3-2-4-6(5)7(8)9/h5-6,8-9H,2-4H2,1H3/t5-,6-/m1/s1. The Balaban J connectivity index is 2.40. The van der Waals surface area contributed by atoms with Gasteiger partial charge in [-0.3, -0.25) is 0 Å². The third-order valence-corrected chi connectivity index (χ3v) is 2.31. The molecule has 9 heavy (non-hydrogen) atoms. The van der Waals surface area contributed by atoms with Crippen LogP contribution in [0.1, 0.15) is 26.2 Å². The molecule has 0 aliphatic heterocycles. The van der Waals surface area contributed by atoms with Crippen LogP contribution in [0.15, 0.2) is 0 Å². The first kappa shape index (κ1) is 7.10. The lowest BCUT2D eigenvalue weighted by Gasteiger charge is -2.12. The van der Waals surface area contributed by atoms with Crippen molar-refractivity contribution in [2.45, 2.75) is 32.0 Å². The predicted octanol–water partition coefficient (Wildman–Crippen LogP) is 0.649. The second-order valence-electron chi connectivity index (χ2n) is 2.99. The zero-order valence-electron chi connectivity index (χ0n) is 5.75. The first-order valence-electron chi connectivity index (χ1n) is 3.58. The van der Waals surface area contributed by atoms with Crippen LogP contribution >= 0.6 is 0 Å². The van der Waals surface area contributed by atoms with Gasteiger partial charge in [-0.25, -0.2) is 0 Å². The topological polar surface area (TPSA) is 40.5 Å². The molecule has 0 aromatic heterocycles. The summed E-state index contributed by atoms with van der Waals surface area (Å²) in [6.07, 6.45) is 3.30. The van der Waals surface area contributed by atoms with Crippen LogP contribution in [0.4, 0.5) is 0 Å². The number of rotatable bonds is 1. The van der Waals surface area contributed by atoms with Crippen LogP contribution in [0.3, 0.4) is 0 Å². The largest absolute Gasteiger partial charge is 0.455 e. The van der Waals surface area contributed by atoms with Gasteiger partial charge in [0.25, 0.3) is 0 Å². The van der Waals surface area contributed by atoms with E-state index in [0.717, 1.165) is 19.3 Å². The maximum atomic E-state index is 8.78. The summed E-state index contributed by atoms with van der Waals surface area (Å²) in [6.45, 7) is 2.08. The summed E-state index contributed by atoms with van der Waals surface area (Å²) in [7, 11) is -1.08. The lowest BCUT2D eigenvalue weighted by Crippen LogP contribution is -2.21. The van der Waals surface area contributed by atoms with Crippen molar-refractivity contribution in [2.24, 2.45) is 5.92 Å². The molecule has 0 spiro atoms. The molecule has 0 aromatic carbocycles. The molecular weight excluding hydrogens is 115 g/mol. The summed E-state index contributed by atoms with van der Waals surface area (Å²) < 4.78 is 0. The number of hydrogen-bond donors (Lipinski definition) is 2. The van der Waals surface area contributed by atoms with Crippen LogP contribution in [-0.4, -0.2) is 17.2 Å². The van der Waals surface area contributed by atoms with Gasteiger partial charge in [-0.2, -0.15) is 0 Å². The maximum Gasteiger partial charge on any atom is 0.455 e. The third-order valence-electron chi connectivity index (χ3n) is 2.31. The molecule has 0 radical (unpaired) electrons. The summed E-state index contributed by atoms with van der Waals surface area (Å²) in [5.74, 6) is 0.648. The van der Waals surface area contributed by atoms with E-state index in [4.69, 9.17) is 10.0 Å². The summed E-state index contributed by atoms with van der Waals surface area (Å²) in [4.78, 5) is 0. The fourth-order valence-electron chi connectivity index (χ4n) is 1.62. The molecule has 2 nitrogen and oxygen atoms in total. The van der Waals surface area contributed by atoms with Crippen LogP contribution in [0.2, 0.25) is 5.82 Å². The van der Waals surface area contributed by atoms with Crippen LogP contribution in [0, 0.1) is 5.92 Å². The SMILES string of the molecule is C[C@@H]1CCC[C@H]1B(O)O. The smallest absolute Gasteiger partial charge is 0.427 e. The molecule has 0 unspecified atom stereocenters. The van der Waals surface area contributed by atoms with Crippen molar-refractivity contribution in [2.75, 3.05) is 0 Å². The molecule has 0 saturated heterocycles. The predicted molar refractivity (Wildman–Crippen MR) is 37.0 cm³/mol. The first-order chi connectivity index (χ1) is 4.22. The fraction of sp³-hybridized carbons (Fsp3) is 1.00. The second-order valence-corrected chi connectivity index (χ2v) is 2.99. The van der Waals surface area contributed by atoms with Gasteiger partial charge in [-0.15, -0.1) is 0 Å².